The zero-order chi connectivity index (χ0) is 9.14. The Labute approximate surface area is 81.2 Å². The van der Waals surface area contributed by atoms with Gasteiger partial charge in [0.05, 0.1) is 9.27 Å². The van der Waals surface area contributed by atoms with E-state index in [0.29, 0.717) is 9.27 Å². The number of hydrogen-bond donors (Lipinski definition) is 0. The van der Waals surface area contributed by atoms with E-state index < -0.39 is 0 Å². The van der Waals surface area contributed by atoms with E-state index in [4.69, 9.17) is 11.6 Å². The summed E-state index contributed by atoms with van der Waals surface area (Å²) in [4.78, 5) is 11.8. The summed E-state index contributed by atoms with van der Waals surface area (Å²) in [6, 6.07) is 0. The van der Waals surface area contributed by atoms with Gasteiger partial charge in [0, 0.05) is 6.08 Å². The molecule has 0 spiro atoms. The number of rotatable bonds is 1. The lowest BCUT2D eigenvalue weighted by Gasteiger charge is -1.90. The van der Waals surface area contributed by atoms with E-state index in [1.807, 2.05) is 19.9 Å². The van der Waals surface area contributed by atoms with Gasteiger partial charge in [-0.25, -0.2) is 0 Å². The predicted octanol–water partition coefficient (Wildman–Crippen LogP) is 3.23. The fraction of sp³-hybridized carbons (Fsp3) is 0.222. The fourth-order valence-corrected chi connectivity index (χ4v) is 1.74. The molecule has 0 unspecified atom stereocenters. The monoisotopic (exact) mass is 200 g/mol. The summed E-state index contributed by atoms with van der Waals surface area (Å²) >= 11 is 6.97. The van der Waals surface area contributed by atoms with Crippen LogP contribution in [0.15, 0.2) is 33.1 Å². The first-order chi connectivity index (χ1) is 5.59. The lowest BCUT2D eigenvalue weighted by atomic mass is 10.3. The Kier molecular flexibility index (Phi) is 3.18. The smallest absolute Gasteiger partial charge is 0.194 e. The SMILES string of the molecule is CC(C)=C/C=C1/SC(Cl)=CC1=O. The molecule has 0 aliphatic carbocycles. The van der Waals surface area contributed by atoms with E-state index >= 15 is 0 Å². The summed E-state index contributed by atoms with van der Waals surface area (Å²) in [6.45, 7) is 3.96. The van der Waals surface area contributed by atoms with Crippen molar-refractivity contribution in [3.8, 4) is 0 Å². The molecule has 0 aromatic heterocycles. The van der Waals surface area contributed by atoms with Crippen molar-refractivity contribution in [3.63, 3.8) is 0 Å². The molecule has 0 bridgehead atoms. The molecule has 64 valence electrons. The molecule has 0 atom stereocenters. The lowest BCUT2D eigenvalue weighted by molar-refractivity contribution is -0.110. The molecule has 0 radical (unpaired) electrons. The summed E-state index contributed by atoms with van der Waals surface area (Å²) in [6.07, 6.45) is 5.15. The minimum atomic E-state index is 0.00231. The first-order valence-corrected chi connectivity index (χ1v) is 4.73. The molecule has 1 heterocycles. The van der Waals surface area contributed by atoms with Crippen LogP contribution in [-0.4, -0.2) is 5.78 Å². The van der Waals surface area contributed by atoms with E-state index in [9.17, 15) is 4.79 Å². The van der Waals surface area contributed by atoms with Gasteiger partial charge in [-0.05, 0) is 19.9 Å². The molecule has 0 aromatic rings. The van der Waals surface area contributed by atoms with Crippen LogP contribution in [0.25, 0.3) is 0 Å². The average Bonchev–Trinajstić information content (AvgIpc) is 2.26. The molecular formula is C9H9ClOS. The van der Waals surface area contributed by atoms with Crippen molar-refractivity contribution in [3.05, 3.63) is 33.1 Å². The number of carbonyl (C=O) groups excluding carboxylic acids is 1. The van der Waals surface area contributed by atoms with Gasteiger partial charge in [0.1, 0.15) is 0 Å². The van der Waals surface area contributed by atoms with Crippen LogP contribution < -0.4 is 0 Å². The van der Waals surface area contributed by atoms with Crippen molar-refractivity contribution in [2.75, 3.05) is 0 Å². The summed E-state index contributed by atoms with van der Waals surface area (Å²) in [7, 11) is 0. The van der Waals surface area contributed by atoms with Gasteiger partial charge in [0.2, 0.25) is 0 Å². The van der Waals surface area contributed by atoms with Crippen LogP contribution in [0, 0.1) is 0 Å². The zero-order valence-corrected chi connectivity index (χ0v) is 8.50. The summed E-state index contributed by atoms with van der Waals surface area (Å²) in [5, 5.41) is 0. The first kappa shape index (κ1) is 9.62. The molecule has 3 heteroatoms. The van der Waals surface area contributed by atoms with Crippen molar-refractivity contribution < 1.29 is 4.79 Å². The third-order valence-corrected chi connectivity index (χ3v) is 2.47. The molecule has 0 fully saturated rings. The number of allylic oxidation sites excluding steroid dienone is 5. The molecule has 0 aromatic carbocycles. The number of hydrogen-bond acceptors (Lipinski definition) is 2. The minimum absolute atomic E-state index is 0.00231. The van der Waals surface area contributed by atoms with Crippen LogP contribution >= 0.6 is 23.4 Å². The highest BCUT2D eigenvalue weighted by Gasteiger charge is 2.16. The van der Waals surface area contributed by atoms with Crippen LogP contribution in [-0.2, 0) is 4.79 Å². The Morgan fingerprint density at radius 1 is 1.58 bits per heavy atom. The summed E-state index contributed by atoms with van der Waals surface area (Å²) in [5.74, 6) is 0.00231. The highest BCUT2D eigenvalue weighted by atomic mass is 35.5. The second-order valence-corrected chi connectivity index (χ2v) is 4.40. The van der Waals surface area contributed by atoms with Crippen LogP contribution in [0.4, 0.5) is 0 Å². The van der Waals surface area contributed by atoms with Gasteiger partial charge in [0.25, 0.3) is 0 Å². The molecular weight excluding hydrogens is 192 g/mol. The summed E-state index contributed by atoms with van der Waals surface area (Å²) < 4.78 is 0.549. The van der Waals surface area contributed by atoms with Gasteiger partial charge in [0.15, 0.2) is 5.78 Å². The Morgan fingerprint density at radius 2 is 2.25 bits per heavy atom. The van der Waals surface area contributed by atoms with Crippen molar-refractivity contribution in [2.24, 2.45) is 0 Å². The van der Waals surface area contributed by atoms with E-state index in [1.54, 1.807) is 6.08 Å². The number of carbonyl (C=O) groups is 1. The maximum Gasteiger partial charge on any atom is 0.194 e. The normalized spacial score (nSPS) is 19.8. The third kappa shape index (κ3) is 2.54. The Bertz CT molecular complexity index is 296. The molecule has 0 saturated carbocycles. The van der Waals surface area contributed by atoms with E-state index in [2.05, 4.69) is 0 Å². The number of thioether (sulfide) groups is 1. The van der Waals surface area contributed by atoms with Crippen molar-refractivity contribution in [1.82, 2.24) is 0 Å². The highest BCUT2D eigenvalue weighted by Crippen LogP contribution is 2.35. The average molecular weight is 201 g/mol. The fourth-order valence-electron chi connectivity index (χ4n) is 0.718. The third-order valence-electron chi connectivity index (χ3n) is 1.26. The van der Waals surface area contributed by atoms with Gasteiger partial charge < -0.3 is 0 Å². The molecule has 1 aliphatic heterocycles. The molecule has 0 saturated heterocycles. The largest absolute Gasteiger partial charge is 0.289 e. The minimum Gasteiger partial charge on any atom is -0.289 e. The highest BCUT2D eigenvalue weighted by molar-refractivity contribution is 8.09. The topological polar surface area (TPSA) is 17.1 Å². The van der Waals surface area contributed by atoms with Crippen LogP contribution in [0.2, 0.25) is 0 Å². The zero-order valence-electron chi connectivity index (χ0n) is 6.93. The van der Waals surface area contributed by atoms with Crippen LogP contribution in [0.1, 0.15) is 13.8 Å². The van der Waals surface area contributed by atoms with E-state index in [0.717, 1.165) is 0 Å². The van der Waals surface area contributed by atoms with Gasteiger partial charge in [-0.15, -0.1) is 0 Å². The van der Waals surface area contributed by atoms with Crippen molar-refractivity contribution in [2.45, 2.75) is 13.8 Å². The van der Waals surface area contributed by atoms with Crippen LogP contribution in [0.5, 0.6) is 0 Å². The standard InChI is InChI=1S/C9H9ClOS/c1-6(2)3-4-8-7(11)5-9(10)12-8/h3-5H,1-2H3/b8-4+. The lowest BCUT2D eigenvalue weighted by Crippen LogP contribution is -1.86. The molecule has 1 aliphatic rings. The number of ketones is 1. The van der Waals surface area contributed by atoms with Crippen molar-refractivity contribution >= 4 is 29.1 Å². The Morgan fingerprint density at radius 3 is 2.67 bits per heavy atom. The quantitative estimate of drug-likeness (QED) is 0.605. The van der Waals surface area contributed by atoms with Gasteiger partial charge in [-0.3, -0.25) is 4.79 Å². The van der Waals surface area contributed by atoms with Crippen LogP contribution in [0.3, 0.4) is 0 Å². The Hall–Kier alpha value is -0.470. The number of halogens is 1. The molecule has 12 heavy (non-hydrogen) atoms. The molecule has 1 nitrogen and oxygen atoms in total. The van der Waals surface area contributed by atoms with E-state index in [-0.39, 0.29) is 5.78 Å². The van der Waals surface area contributed by atoms with Gasteiger partial charge >= 0.3 is 0 Å². The maximum absolute atomic E-state index is 11.1. The molecule has 0 N–H and O–H groups in total. The second-order valence-electron chi connectivity index (χ2n) is 2.69. The van der Waals surface area contributed by atoms with E-state index in [1.165, 1.54) is 23.4 Å². The maximum atomic E-state index is 11.1. The summed E-state index contributed by atoms with van der Waals surface area (Å²) in [5.41, 5.74) is 1.17. The second kappa shape index (κ2) is 3.97. The van der Waals surface area contributed by atoms with Crippen molar-refractivity contribution in [1.29, 1.82) is 0 Å². The van der Waals surface area contributed by atoms with Gasteiger partial charge in [-0.1, -0.05) is 35.0 Å². The first-order valence-electron chi connectivity index (χ1n) is 3.54. The molecule has 0 amide bonds. The molecule has 1 rings (SSSR count). The van der Waals surface area contributed by atoms with Gasteiger partial charge in [-0.2, -0.15) is 0 Å². The Balaban J connectivity index is 2.76. The predicted molar refractivity (Wildman–Crippen MR) is 54.0 cm³/mol.